The van der Waals surface area contributed by atoms with Gasteiger partial charge in [-0.15, -0.1) is 0 Å². The fourth-order valence-electron chi connectivity index (χ4n) is 4.26. The van der Waals surface area contributed by atoms with E-state index in [4.69, 9.17) is 9.15 Å². The summed E-state index contributed by atoms with van der Waals surface area (Å²) in [7, 11) is 0. The van der Waals surface area contributed by atoms with Crippen molar-refractivity contribution in [3.05, 3.63) is 81.9 Å². The molecule has 1 aliphatic heterocycles. The van der Waals surface area contributed by atoms with Crippen molar-refractivity contribution in [2.45, 2.75) is 26.4 Å². The normalized spacial score (nSPS) is 15.4. The Balaban J connectivity index is 1.72. The highest BCUT2D eigenvalue weighted by Gasteiger charge is 2.32. The van der Waals surface area contributed by atoms with E-state index in [2.05, 4.69) is 9.88 Å². The monoisotopic (exact) mass is 452 g/mol. The van der Waals surface area contributed by atoms with Crippen molar-refractivity contribution < 1.29 is 19.1 Å². The highest BCUT2D eigenvalue weighted by atomic mass is 16.6. The van der Waals surface area contributed by atoms with Crippen LogP contribution >= 0.6 is 0 Å². The minimum atomic E-state index is -0.492. The van der Waals surface area contributed by atoms with Crippen LogP contribution in [0.15, 0.2) is 58.2 Å². The Labute approximate surface area is 191 Å². The lowest BCUT2D eigenvalue weighted by atomic mass is 9.96. The van der Waals surface area contributed by atoms with Crippen LogP contribution in [0.2, 0.25) is 0 Å². The van der Waals surface area contributed by atoms with Crippen LogP contribution in [0, 0.1) is 6.92 Å². The first-order valence-corrected chi connectivity index (χ1v) is 11.0. The minimum absolute atomic E-state index is 0.0529. The average molecular weight is 453 g/mol. The van der Waals surface area contributed by atoms with E-state index in [9.17, 15) is 14.7 Å². The van der Waals surface area contributed by atoms with Crippen molar-refractivity contribution in [3.8, 4) is 5.75 Å². The number of hydrogen-bond acceptors (Lipinski definition) is 7. The standard InChI is InChI=1S/C24H28N4O5/c1-3-32-24(31)27-12-10-26(11-13-27)22(18-6-8-25-9-7-18)21-20(29)15-17(2)28(23(21)30)16-19-5-4-14-33-19/h4-9,14-15,22,29H,3,10-13,16H2,1-2H3. The number of aromatic hydroxyl groups is 1. The summed E-state index contributed by atoms with van der Waals surface area (Å²) >= 11 is 0. The molecule has 0 aliphatic carbocycles. The zero-order valence-electron chi connectivity index (χ0n) is 18.8. The number of aromatic nitrogens is 2. The quantitative estimate of drug-likeness (QED) is 0.614. The predicted octanol–water partition coefficient (Wildman–Crippen LogP) is 2.76. The summed E-state index contributed by atoms with van der Waals surface area (Å²) in [5.74, 6) is 0.600. The zero-order valence-corrected chi connectivity index (χ0v) is 18.8. The molecule has 1 N–H and O–H groups in total. The molecule has 1 unspecified atom stereocenters. The van der Waals surface area contributed by atoms with E-state index in [1.807, 2.05) is 18.2 Å². The maximum Gasteiger partial charge on any atom is 0.409 e. The highest BCUT2D eigenvalue weighted by molar-refractivity contribution is 5.67. The Morgan fingerprint density at radius 3 is 2.58 bits per heavy atom. The maximum atomic E-state index is 13.7. The summed E-state index contributed by atoms with van der Waals surface area (Å²) in [5.41, 5.74) is 1.50. The number of carbonyl (C=O) groups is 1. The topological polar surface area (TPSA) is 101 Å². The smallest absolute Gasteiger partial charge is 0.409 e. The van der Waals surface area contributed by atoms with Crippen molar-refractivity contribution in [2.24, 2.45) is 0 Å². The number of piperazine rings is 1. The number of nitrogens with zero attached hydrogens (tertiary/aromatic N) is 4. The van der Waals surface area contributed by atoms with Crippen molar-refractivity contribution in [1.82, 2.24) is 19.4 Å². The molecule has 1 fully saturated rings. The van der Waals surface area contributed by atoms with Gasteiger partial charge in [-0.25, -0.2) is 4.79 Å². The third-order valence-electron chi connectivity index (χ3n) is 5.92. The molecule has 0 spiro atoms. The molecule has 0 radical (unpaired) electrons. The van der Waals surface area contributed by atoms with E-state index in [1.54, 1.807) is 54.1 Å². The van der Waals surface area contributed by atoms with E-state index in [0.29, 0.717) is 49.8 Å². The Morgan fingerprint density at radius 2 is 1.94 bits per heavy atom. The average Bonchev–Trinajstić information content (AvgIpc) is 3.34. The van der Waals surface area contributed by atoms with Crippen molar-refractivity contribution >= 4 is 6.09 Å². The van der Waals surface area contributed by atoms with Crippen molar-refractivity contribution in [3.63, 3.8) is 0 Å². The molecular weight excluding hydrogens is 424 g/mol. The zero-order chi connectivity index (χ0) is 23.4. The minimum Gasteiger partial charge on any atom is -0.507 e. The first-order chi connectivity index (χ1) is 16.0. The number of pyridine rings is 2. The summed E-state index contributed by atoms with van der Waals surface area (Å²) in [6.07, 6.45) is 4.57. The Morgan fingerprint density at radius 1 is 1.21 bits per heavy atom. The number of rotatable bonds is 6. The fraction of sp³-hybridized carbons (Fsp3) is 0.375. The third-order valence-corrected chi connectivity index (χ3v) is 5.92. The first kappa shape index (κ1) is 22.6. The fourth-order valence-corrected chi connectivity index (χ4v) is 4.26. The van der Waals surface area contributed by atoms with Gasteiger partial charge in [-0.3, -0.25) is 14.7 Å². The van der Waals surface area contributed by atoms with Crippen LogP contribution in [0.1, 0.15) is 35.5 Å². The lowest BCUT2D eigenvalue weighted by Crippen LogP contribution is -2.50. The summed E-state index contributed by atoms with van der Waals surface area (Å²) in [6.45, 7) is 6.14. The SMILES string of the molecule is CCOC(=O)N1CCN(C(c2ccncc2)c2c(O)cc(C)n(Cc3ccco3)c2=O)CC1. The molecule has 174 valence electrons. The molecule has 3 aromatic rings. The van der Waals surface area contributed by atoms with Crippen LogP contribution in [0.4, 0.5) is 4.79 Å². The molecule has 1 amide bonds. The molecule has 4 rings (SSSR count). The Hall–Kier alpha value is -3.59. The Kier molecular flexibility index (Phi) is 6.79. The van der Waals surface area contributed by atoms with Gasteiger partial charge in [0.15, 0.2) is 0 Å². The van der Waals surface area contributed by atoms with Crippen LogP contribution in [0.3, 0.4) is 0 Å². The number of furan rings is 1. The van der Waals surface area contributed by atoms with Gasteiger partial charge >= 0.3 is 6.09 Å². The molecule has 0 bridgehead atoms. The van der Waals surface area contributed by atoms with Crippen LogP contribution in [-0.2, 0) is 11.3 Å². The lowest BCUT2D eigenvalue weighted by Gasteiger charge is -2.39. The molecule has 33 heavy (non-hydrogen) atoms. The van der Waals surface area contributed by atoms with Gasteiger partial charge in [0.25, 0.3) is 5.56 Å². The van der Waals surface area contributed by atoms with Gasteiger partial charge in [0.1, 0.15) is 11.5 Å². The second kappa shape index (κ2) is 9.91. The molecule has 0 saturated carbocycles. The molecule has 0 aromatic carbocycles. The van der Waals surface area contributed by atoms with Crippen LogP contribution < -0.4 is 5.56 Å². The second-order valence-electron chi connectivity index (χ2n) is 7.96. The van der Waals surface area contributed by atoms with Crippen LogP contribution in [0.5, 0.6) is 5.75 Å². The Bertz CT molecular complexity index is 1140. The number of ether oxygens (including phenoxy) is 1. The van der Waals surface area contributed by atoms with Gasteiger partial charge in [0.05, 0.1) is 31.0 Å². The van der Waals surface area contributed by atoms with E-state index >= 15 is 0 Å². The van der Waals surface area contributed by atoms with E-state index in [1.165, 1.54) is 0 Å². The van der Waals surface area contributed by atoms with Crippen LogP contribution in [-0.4, -0.2) is 63.3 Å². The molecule has 1 aliphatic rings. The largest absolute Gasteiger partial charge is 0.507 e. The molecule has 1 atom stereocenters. The molecule has 4 heterocycles. The third kappa shape index (κ3) is 4.78. The van der Waals surface area contributed by atoms with Gasteiger partial charge < -0.3 is 23.7 Å². The van der Waals surface area contributed by atoms with Gasteiger partial charge in [0.2, 0.25) is 0 Å². The number of hydrogen-bond donors (Lipinski definition) is 1. The summed E-state index contributed by atoms with van der Waals surface area (Å²) in [5, 5.41) is 10.9. The van der Waals surface area contributed by atoms with Crippen molar-refractivity contribution in [2.75, 3.05) is 32.8 Å². The molecule has 9 nitrogen and oxygen atoms in total. The lowest BCUT2D eigenvalue weighted by molar-refractivity contribution is 0.0709. The predicted molar refractivity (Wildman–Crippen MR) is 121 cm³/mol. The van der Waals surface area contributed by atoms with Gasteiger partial charge in [-0.05, 0) is 49.7 Å². The van der Waals surface area contributed by atoms with E-state index in [-0.39, 0.29) is 23.9 Å². The van der Waals surface area contributed by atoms with Gasteiger partial charge in [-0.2, -0.15) is 0 Å². The maximum absolute atomic E-state index is 13.7. The summed E-state index contributed by atoms with van der Waals surface area (Å²) in [4.78, 5) is 33.7. The molecule has 9 heteroatoms. The number of amides is 1. The van der Waals surface area contributed by atoms with Gasteiger partial charge in [0, 0.05) is 44.3 Å². The second-order valence-corrected chi connectivity index (χ2v) is 7.96. The summed E-state index contributed by atoms with van der Waals surface area (Å²) < 4.78 is 12.2. The summed E-state index contributed by atoms with van der Waals surface area (Å²) in [6, 6.07) is 8.40. The molecular formula is C24H28N4O5. The van der Waals surface area contributed by atoms with Gasteiger partial charge in [-0.1, -0.05) is 0 Å². The highest BCUT2D eigenvalue weighted by Crippen LogP contribution is 2.33. The first-order valence-electron chi connectivity index (χ1n) is 11.0. The van der Waals surface area contributed by atoms with E-state index in [0.717, 1.165) is 5.56 Å². The van der Waals surface area contributed by atoms with Crippen LogP contribution in [0.25, 0.3) is 0 Å². The number of carbonyl (C=O) groups excluding carboxylic acids is 1. The molecule has 1 saturated heterocycles. The van der Waals surface area contributed by atoms with E-state index < -0.39 is 6.04 Å². The number of aryl methyl sites for hydroxylation is 1. The van der Waals surface area contributed by atoms with Crippen molar-refractivity contribution in [1.29, 1.82) is 0 Å². The molecule has 3 aromatic heterocycles.